The molecule has 0 bridgehead atoms. The lowest BCUT2D eigenvalue weighted by Gasteiger charge is -2.07. The summed E-state index contributed by atoms with van der Waals surface area (Å²) in [5.74, 6) is -1.10. The summed E-state index contributed by atoms with van der Waals surface area (Å²) in [6.45, 7) is 0.360. The fraction of sp³-hybridized carbons (Fsp3) is 0.0500. The number of halogens is 1. The van der Waals surface area contributed by atoms with Gasteiger partial charge in [-0.15, -0.1) is 0 Å². The van der Waals surface area contributed by atoms with Crippen LogP contribution in [0, 0.1) is 5.82 Å². The molecule has 0 radical (unpaired) electrons. The quantitative estimate of drug-likeness (QED) is 0.569. The lowest BCUT2D eigenvalue weighted by molar-refractivity contribution is 0.0953. The molecular weight excluding hydrogens is 333 g/mol. The average molecular weight is 349 g/mol. The van der Waals surface area contributed by atoms with Crippen molar-refractivity contribution in [2.24, 2.45) is 5.10 Å². The number of rotatable bonds is 5. The number of nitrogens with one attached hydrogen (secondary N) is 1. The van der Waals surface area contributed by atoms with Crippen LogP contribution in [0.15, 0.2) is 82.8 Å². The summed E-state index contributed by atoms with van der Waals surface area (Å²) in [5.41, 5.74) is 2.99. The molecule has 5 nitrogen and oxygen atoms in total. The van der Waals surface area contributed by atoms with Crippen LogP contribution in [0.3, 0.4) is 0 Å². The van der Waals surface area contributed by atoms with E-state index < -0.39 is 17.3 Å². The van der Waals surface area contributed by atoms with Gasteiger partial charge < -0.3 is 4.57 Å². The van der Waals surface area contributed by atoms with Crippen molar-refractivity contribution in [1.29, 1.82) is 0 Å². The van der Waals surface area contributed by atoms with Gasteiger partial charge in [-0.25, -0.2) is 9.82 Å². The van der Waals surface area contributed by atoms with Gasteiger partial charge in [0.15, 0.2) is 0 Å². The zero-order valence-corrected chi connectivity index (χ0v) is 13.8. The number of hydrogen-bond acceptors (Lipinski definition) is 3. The molecule has 0 saturated heterocycles. The molecule has 0 unspecified atom stereocenters. The van der Waals surface area contributed by atoms with E-state index in [9.17, 15) is 14.0 Å². The molecule has 1 amide bonds. The summed E-state index contributed by atoms with van der Waals surface area (Å²) in [6.07, 6.45) is 2.81. The molecule has 3 aromatic rings. The van der Waals surface area contributed by atoms with Gasteiger partial charge in [0.05, 0.1) is 12.8 Å². The molecule has 1 aromatic heterocycles. The zero-order valence-electron chi connectivity index (χ0n) is 13.8. The Morgan fingerprint density at radius 3 is 2.54 bits per heavy atom. The Balaban J connectivity index is 1.75. The van der Waals surface area contributed by atoms with Crippen molar-refractivity contribution >= 4 is 12.1 Å². The summed E-state index contributed by atoms with van der Waals surface area (Å²) < 4.78 is 15.0. The number of benzene rings is 2. The molecule has 1 N–H and O–H groups in total. The van der Waals surface area contributed by atoms with Crippen molar-refractivity contribution in [3.8, 4) is 0 Å². The third-order valence-corrected chi connectivity index (χ3v) is 3.74. The molecule has 0 spiro atoms. The van der Waals surface area contributed by atoms with Gasteiger partial charge in [0.2, 0.25) is 0 Å². The molecule has 2 aromatic carbocycles. The number of nitrogens with zero attached hydrogens (tertiary/aromatic N) is 2. The van der Waals surface area contributed by atoms with Crippen molar-refractivity contribution in [2.45, 2.75) is 6.54 Å². The first-order valence-electron chi connectivity index (χ1n) is 7.96. The smallest absolute Gasteiger partial charge is 0.276 e. The van der Waals surface area contributed by atoms with Crippen LogP contribution in [0.4, 0.5) is 4.39 Å². The summed E-state index contributed by atoms with van der Waals surface area (Å²) in [4.78, 5) is 24.7. The zero-order chi connectivity index (χ0) is 18.4. The highest BCUT2D eigenvalue weighted by molar-refractivity contribution is 5.94. The van der Waals surface area contributed by atoms with Crippen LogP contribution >= 0.6 is 0 Å². The van der Waals surface area contributed by atoms with E-state index in [0.717, 1.165) is 5.56 Å². The van der Waals surface area contributed by atoms with Gasteiger partial charge in [0, 0.05) is 11.8 Å². The van der Waals surface area contributed by atoms with Crippen LogP contribution in [0.1, 0.15) is 21.5 Å². The second-order valence-corrected chi connectivity index (χ2v) is 5.56. The van der Waals surface area contributed by atoms with Crippen LogP contribution in [0.2, 0.25) is 0 Å². The Morgan fingerprint density at radius 1 is 1.04 bits per heavy atom. The van der Waals surface area contributed by atoms with E-state index in [1.807, 2.05) is 30.3 Å². The molecule has 6 heteroatoms. The van der Waals surface area contributed by atoms with Gasteiger partial charge in [-0.3, -0.25) is 9.59 Å². The first-order valence-corrected chi connectivity index (χ1v) is 7.96. The van der Waals surface area contributed by atoms with Crippen molar-refractivity contribution in [3.63, 3.8) is 0 Å². The van der Waals surface area contributed by atoms with Crippen molar-refractivity contribution in [1.82, 2.24) is 9.99 Å². The van der Waals surface area contributed by atoms with Gasteiger partial charge in [-0.05, 0) is 23.8 Å². The molecule has 0 aliphatic carbocycles. The predicted octanol–water partition coefficient (Wildman–Crippen LogP) is 2.80. The van der Waals surface area contributed by atoms with E-state index >= 15 is 0 Å². The first-order chi connectivity index (χ1) is 12.6. The molecule has 0 atom stereocenters. The second-order valence-electron chi connectivity index (χ2n) is 5.56. The minimum Gasteiger partial charge on any atom is -0.310 e. The Hall–Kier alpha value is -3.54. The largest absolute Gasteiger partial charge is 0.310 e. The van der Waals surface area contributed by atoms with Crippen LogP contribution in [0.5, 0.6) is 0 Å². The molecule has 0 aliphatic heterocycles. The van der Waals surface area contributed by atoms with E-state index in [1.165, 1.54) is 29.0 Å². The maximum Gasteiger partial charge on any atom is 0.276 e. The lowest BCUT2D eigenvalue weighted by atomic mass is 10.2. The number of hydrazone groups is 1. The topological polar surface area (TPSA) is 63.5 Å². The molecule has 0 fully saturated rings. The normalized spacial score (nSPS) is 10.8. The molecule has 0 saturated carbocycles. The van der Waals surface area contributed by atoms with Gasteiger partial charge in [0.25, 0.3) is 11.5 Å². The molecule has 0 aliphatic rings. The van der Waals surface area contributed by atoms with Gasteiger partial charge in [-0.1, -0.05) is 48.5 Å². The van der Waals surface area contributed by atoms with Gasteiger partial charge in [0.1, 0.15) is 11.4 Å². The second kappa shape index (κ2) is 8.02. The SMILES string of the molecule is O=C(N/N=C\c1ccccc1F)c1cccn(Cc2ccccc2)c1=O. The number of carbonyl (C=O) groups is 1. The number of carbonyl (C=O) groups excluding carboxylic acids is 1. The Labute approximate surface area is 149 Å². The number of hydrogen-bond donors (Lipinski definition) is 1. The van der Waals surface area contributed by atoms with Crippen LogP contribution < -0.4 is 11.0 Å². The van der Waals surface area contributed by atoms with Crippen LogP contribution in [0.25, 0.3) is 0 Å². The third kappa shape index (κ3) is 4.10. The van der Waals surface area contributed by atoms with Gasteiger partial charge in [-0.2, -0.15) is 5.10 Å². The number of pyridine rings is 1. The number of aromatic nitrogens is 1. The Kier molecular flexibility index (Phi) is 5.34. The molecule has 26 heavy (non-hydrogen) atoms. The highest BCUT2D eigenvalue weighted by Crippen LogP contribution is 2.03. The summed E-state index contributed by atoms with van der Waals surface area (Å²) in [5, 5.41) is 3.72. The minimum atomic E-state index is -0.648. The lowest BCUT2D eigenvalue weighted by Crippen LogP contribution is -2.30. The van der Waals surface area contributed by atoms with E-state index in [0.29, 0.717) is 6.54 Å². The van der Waals surface area contributed by atoms with Crippen molar-refractivity contribution < 1.29 is 9.18 Å². The standard InChI is InChI=1S/C20H16FN3O2/c21-18-11-5-4-9-16(18)13-22-23-19(25)17-10-6-12-24(20(17)26)14-15-7-2-1-3-8-15/h1-13H,14H2,(H,23,25)/b22-13-. The Bertz CT molecular complexity index is 997. The molecule has 3 rings (SSSR count). The van der Waals surface area contributed by atoms with E-state index in [2.05, 4.69) is 10.5 Å². The minimum absolute atomic E-state index is 0.0332. The predicted molar refractivity (Wildman–Crippen MR) is 97.7 cm³/mol. The maximum absolute atomic E-state index is 13.5. The van der Waals surface area contributed by atoms with E-state index in [1.54, 1.807) is 24.4 Å². The summed E-state index contributed by atoms with van der Waals surface area (Å²) in [6, 6.07) is 18.6. The average Bonchev–Trinajstić information content (AvgIpc) is 2.66. The molecular formula is C20H16FN3O2. The highest BCUT2D eigenvalue weighted by atomic mass is 19.1. The Morgan fingerprint density at radius 2 is 1.77 bits per heavy atom. The molecule has 1 heterocycles. The van der Waals surface area contributed by atoms with E-state index in [4.69, 9.17) is 0 Å². The van der Waals surface area contributed by atoms with E-state index in [-0.39, 0.29) is 11.1 Å². The van der Waals surface area contributed by atoms with Crippen LogP contribution in [-0.4, -0.2) is 16.7 Å². The third-order valence-electron chi connectivity index (χ3n) is 3.74. The highest BCUT2D eigenvalue weighted by Gasteiger charge is 2.11. The molecule has 130 valence electrons. The fourth-order valence-corrected chi connectivity index (χ4v) is 2.41. The monoisotopic (exact) mass is 349 g/mol. The van der Waals surface area contributed by atoms with Crippen LogP contribution in [-0.2, 0) is 6.54 Å². The fourth-order valence-electron chi connectivity index (χ4n) is 2.41. The summed E-state index contributed by atoms with van der Waals surface area (Å²) in [7, 11) is 0. The summed E-state index contributed by atoms with van der Waals surface area (Å²) >= 11 is 0. The number of amides is 1. The van der Waals surface area contributed by atoms with Crippen molar-refractivity contribution in [2.75, 3.05) is 0 Å². The first kappa shape index (κ1) is 17.3. The maximum atomic E-state index is 13.5. The van der Waals surface area contributed by atoms with Crippen molar-refractivity contribution in [3.05, 3.63) is 106 Å². The van der Waals surface area contributed by atoms with Gasteiger partial charge >= 0.3 is 0 Å².